The number of rotatable bonds is 4. The highest BCUT2D eigenvalue weighted by atomic mass is 32.2. The normalized spacial score (nSPS) is 14.2. The number of thioether (sulfide) groups is 1. The van der Waals surface area contributed by atoms with Crippen LogP contribution in [-0.2, 0) is 4.79 Å². The van der Waals surface area contributed by atoms with Gasteiger partial charge in [-0.15, -0.1) is 0 Å². The fourth-order valence-electron chi connectivity index (χ4n) is 1.99. The molecule has 1 fully saturated rings. The van der Waals surface area contributed by atoms with Crippen LogP contribution in [0.2, 0.25) is 0 Å². The molecule has 1 aromatic rings. The number of hydrogen-bond acceptors (Lipinski definition) is 4. The number of benzene rings is 1. The van der Waals surface area contributed by atoms with Gasteiger partial charge in [-0.05, 0) is 37.1 Å². The van der Waals surface area contributed by atoms with E-state index in [4.69, 9.17) is 17.0 Å². The molecular formula is C14H18N2O2S2. The van der Waals surface area contributed by atoms with Gasteiger partial charge in [-0.25, -0.2) is 0 Å². The number of ether oxygens (including phenoxy) is 1. The predicted octanol–water partition coefficient (Wildman–Crippen LogP) is 2.75. The van der Waals surface area contributed by atoms with Crippen LogP contribution in [0.1, 0.15) is 12.8 Å². The fourth-order valence-corrected chi connectivity index (χ4v) is 3.04. The lowest BCUT2D eigenvalue weighted by Crippen LogP contribution is -2.25. The third kappa shape index (κ3) is 4.38. The van der Waals surface area contributed by atoms with E-state index in [1.807, 2.05) is 24.3 Å². The van der Waals surface area contributed by atoms with Crippen LogP contribution in [0, 0.1) is 0 Å². The van der Waals surface area contributed by atoms with E-state index >= 15 is 0 Å². The van der Waals surface area contributed by atoms with Crippen molar-refractivity contribution in [2.75, 3.05) is 31.3 Å². The van der Waals surface area contributed by atoms with Crippen molar-refractivity contribution in [2.45, 2.75) is 12.8 Å². The Morgan fingerprint density at radius 2 is 2.00 bits per heavy atom. The molecule has 6 heteroatoms. The molecule has 20 heavy (non-hydrogen) atoms. The molecule has 2 rings (SSSR count). The van der Waals surface area contributed by atoms with E-state index in [-0.39, 0.29) is 5.91 Å². The minimum atomic E-state index is -0.0401. The second kappa shape index (κ2) is 7.50. The number of thiocarbonyl (C=S) groups is 1. The van der Waals surface area contributed by atoms with E-state index < -0.39 is 0 Å². The molecule has 0 unspecified atom stereocenters. The van der Waals surface area contributed by atoms with Crippen molar-refractivity contribution < 1.29 is 9.53 Å². The first kappa shape index (κ1) is 15.1. The van der Waals surface area contributed by atoms with Crippen molar-refractivity contribution in [1.29, 1.82) is 0 Å². The van der Waals surface area contributed by atoms with Crippen molar-refractivity contribution in [2.24, 2.45) is 0 Å². The van der Waals surface area contributed by atoms with Gasteiger partial charge in [0, 0.05) is 18.8 Å². The van der Waals surface area contributed by atoms with Crippen LogP contribution < -0.4 is 10.1 Å². The third-order valence-corrected chi connectivity index (χ3v) is 4.59. The SMILES string of the molecule is COc1ccc(NC(=O)CSC(=S)N2CCCC2)cc1. The van der Waals surface area contributed by atoms with Crippen molar-refractivity contribution >= 4 is 39.9 Å². The van der Waals surface area contributed by atoms with Gasteiger partial charge in [0.05, 0.1) is 12.9 Å². The van der Waals surface area contributed by atoms with Crippen LogP contribution in [0.25, 0.3) is 0 Å². The molecule has 0 aliphatic carbocycles. The maximum absolute atomic E-state index is 11.8. The molecule has 4 nitrogen and oxygen atoms in total. The highest BCUT2D eigenvalue weighted by Crippen LogP contribution is 2.18. The molecule has 1 aromatic carbocycles. The quantitative estimate of drug-likeness (QED) is 0.866. The monoisotopic (exact) mass is 310 g/mol. The topological polar surface area (TPSA) is 41.6 Å². The van der Waals surface area contributed by atoms with Crippen molar-refractivity contribution in [3.05, 3.63) is 24.3 Å². The van der Waals surface area contributed by atoms with Gasteiger partial charge in [0.1, 0.15) is 10.1 Å². The van der Waals surface area contributed by atoms with Crippen LogP contribution in [0.5, 0.6) is 5.75 Å². The number of anilines is 1. The first-order valence-corrected chi connectivity index (χ1v) is 7.94. The van der Waals surface area contributed by atoms with Gasteiger partial charge in [-0.2, -0.15) is 0 Å². The molecule has 0 saturated carbocycles. The first-order valence-electron chi connectivity index (χ1n) is 6.54. The lowest BCUT2D eigenvalue weighted by molar-refractivity contribution is -0.113. The summed E-state index contributed by atoms with van der Waals surface area (Å²) in [4.78, 5) is 14.0. The molecule has 1 aliphatic rings. The number of nitrogens with one attached hydrogen (secondary N) is 1. The Balaban J connectivity index is 1.75. The van der Waals surface area contributed by atoms with E-state index in [0.29, 0.717) is 5.75 Å². The van der Waals surface area contributed by atoms with E-state index in [9.17, 15) is 4.79 Å². The zero-order valence-corrected chi connectivity index (χ0v) is 13.1. The number of carbonyl (C=O) groups is 1. The number of likely N-dealkylation sites (tertiary alicyclic amines) is 1. The Labute approximate surface area is 128 Å². The summed E-state index contributed by atoms with van der Waals surface area (Å²) >= 11 is 6.75. The predicted molar refractivity (Wildman–Crippen MR) is 87.5 cm³/mol. The van der Waals surface area contributed by atoms with Gasteiger partial charge in [0.25, 0.3) is 0 Å². The molecule has 1 aliphatic heterocycles. The molecular weight excluding hydrogens is 292 g/mol. The Morgan fingerprint density at radius 1 is 1.35 bits per heavy atom. The lowest BCUT2D eigenvalue weighted by Gasteiger charge is -2.17. The Morgan fingerprint density at radius 3 is 2.60 bits per heavy atom. The summed E-state index contributed by atoms with van der Waals surface area (Å²) in [7, 11) is 1.61. The zero-order chi connectivity index (χ0) is 14.4. The summed E-state index contributed by atoms with van der Waals surface area (Å²) in [5, 5.41) is 2.85. The Hall–Kier alpha value is -1.27. The van der Waals surface area contributed by atoms with Gasteiger partial charge in [-0.1, -0.05) is 24.0 Å². The molecule has 1 amide bonds. The van der Waals surface area contributed by atoms with Gasteiger partial charge >= 0.3 is 0 Å². The average Bonchev–Trinajstić information content (AvgIpc) is 3.00. The van der Waals surface area contributed by atoms with Gasteiger partial charge < -0.3 is 15.0 Å². The number of methoxy groups -OCH3 is 1. The van der Waals surface area contributed by atoms with E-state index in [2.05, 4.69) is 10.2 Å². The summed E-state index contributed by atoms with van der Waals surface area (Å²) in [5.74, 6) is 1.08. The average molecular weight is 310 g/mol. The molecule has 0 aromatic heterocycles. The summed E-state index contributed by atoms with van der Waals surface area (Å²) in [6, 6.07) is 7.27. The highest BCUT2D eigenvalue weighted by Gasteiger charge is 2.16. The van der Waals surface area contributed by atoms with Gasteiger partial charge in [0.2, 0.25) is 5.91 Å². The summed E-state index contributed by atoms with van der Waals surface area (Å²) in [6.07, 6.45) is 2.39. The molecule has 0 spiro atoms. The highest BCUT2D eigenvalue weighted by molar-refractivity contribution is 8.23. The van der Waals surface area contributed by atoms with Gasteiger partial charge in [0.15, 0.2) is 0 Å². The minimum absolute atomic E-state index is 0.0401. The van der Waals surface area contributed by atoms with Crippen molar-refractivity contribution in [1.82, 2.24) is 4.90 Å². The maximum Gasteiger partial charge on any atom is 0.234 e. The van der Waals surface area contributed by atoms with Crippen molar-refractivity contribution in [3.63, 3.8) is 0 Å². The summed E-state index contributed by atoms with van der Waals surface area (Å²) in [5.41, 5.74) is 0.767. The smallest absolute Gasteiger partial charge is 0.234 e. The number of nitrogens with zero attached hydrogens (tertiary/aromatic N) is 1. The fraction of sp³-hybridized carbons (Fsp3) is 0.429. The van der Waals surface area contributed by atoms with E-state index in [0.717, 1.165) is 28.8 Å². The first-order chi connectivity index (χ1) is 9.69. The largest absolute Gasteiger partial charge is 0.497 e. The Bertz CT molecular complexity index is 471. The molecule has 1 saturated heterocycles. The molecule has 1 N–H and O–H groups in total. The molecule has 1 heterocycles. The lowest BCUT2D eigenvalue weighted by atomic mass is 10.3. The molecule has 0 atom stereocenters. The summed E-state index contributed by atoms with van der Waals surface area (Å²) < 4.78 is 5.90. The Kier molecular flexibility index (Phi) is 5.67. The standard InChI is InChI=1S/C14H18N2O2S2/c1-18-12-6-4-11(5-7-12)15-13(17)10-20-14(19)16-8-2-3-9-16/h4-7H,2-3,8-10H2,1H3,(H,15,17). The number of hydrogen-bond donors (Lipinski definition) is 1. The molecule has 0 bridgehead atoms. The van der Waals surface area contributed by atoms with Crippen LogP contribution in [0.4, 0.5) is 5.69 Å². The number of carbonyl (C=O) groups excluding carboxylic acids is 1. The van der Waals surface area contributed by atoms with Gasteiger partial charge in [-0.3, -0.25) is 4.79 Å². The number of amides is 1. The van der Waals surface area contributed by atoms with Crippen molar-refractivity contribution in [3.8, 4) is 5.75 Å². The van der Waals surface area contributed by atoms with Crippen LogP contribution in [0.3, 0.4) is 0 Å². The van der Waals surface area contributed by atoms with Crippen LogP contribution in [0.15, 0.2) is 24.3 Å². The van der Waals surface area contributed by atoms with E-state index in [1.165, 1.54) is 24.6 Å². The van der Waals surface area contributed by atoms with E-state index in [1.54, 1.807) is 7.11 Å². The third-order valence-electron chi connectivity index (χ3n) is 3.06. The zero-order valence-electron chi connectivity index (χ0n) is 11.4. The second-order valence-electron chi connectivity index (χ2n) is 4.53. The molecule has 108 valence electrons. The van der Waals surface area contributed by atoms with Crippen LogP contribution in [-0.4, -0.2) is 41.1 Å². The van der Waals surface area contributed by atoms with Crippen LogP contribution >= 0.6 is 24.0 Å². The maximum atomic E-state index is 11.8. The summed E-state index contributed by atoms with van der Waals surface area (Å²) in [6.45, 7) is 2.04. The second-order valence-corrected chi connectivity index (χ2v) is 6.13. The molecule has 0 radical (unpaired) electrons. The minimum Gasteiger partial charge on any atom is -0.497 e.